The van der Waals surface area contributed by atoms with Gasteiger partial charge in [-0.3, -0.25) is 0 Å². The maximum absolute atomic E-state index is 5.62. The maximum atomic E-state index is 5.62. The second-order valence-corrected chi connectivity index (χ2v) is 6.74. The van der Waals surface area contributed by atoms with Gasteiger partial charge in [-0.1, -0.05) is 0 Å². The van der Waals surface area contributed by atoms with Gasteiger partial charge in [0.2, 0.25) is 0 Å². The Morgan fingerprint density at radius 3 is 1.15 bits per heavy atom. The SMILES string of the molecule is CCOC(OCC)O[SiH2]CC[SiH2]OC(OCC)OCC. The van der Waals surface area contributed by atoms with Crippen LogP contribution in [0, 0.1) is 0 Å². The minimum Gasteiger partial charge on any atom is -0.379 e. The lowest BCUT2D eigenvalue weighted by Gasteiger charge is -2.18. The molecule has 0 radical (unpaired) electrons. The van der Waals surface area contributed by atoms with E-state index < -0.39 is 32.5 Å². The zero-order chi connectivity index (χ0) is 15.1. The normalized spacial score (nSPS) is 12.9. The third-order valence-corrected chi connectivity index (χ3v) is 5.85. The Morgan fingerprint density at radius 1 is 0.600 bits per heavy atom. The van der Waals surface area contributed by atoms with Crippen LogP contribution in [0.4, 0.5) is 0 Å². The van der Waals surface area contributed by atoms with Crippen LogP contribution in [0.3, 0.4) is 0 Å². The van der Waals surface area contributed by atoms with Crippen molar-refractivity contribution < 1.29 is 27.8 Å². The van der Waals surface area contributed by atoms with Gasteiger partial charge in [0, 0.05) is 26.4 Å². The Labute approximate surface area is 127 Å². The Kier molecular flexibility index (Phi) is 15.7. The van der Waals surface area contributed by atoms with Gasteiger partial charge in [0.25, 0.3) is 13.0 Å². The summed E-state index contributed by atoms with van der Waals surface area (Å²) in [5, 5.41) is 0. The molecule has 0 spiro atoms. The summed E-state index contributed by atoms with van der Waals surface area (Å²) in [5.41, 5.74) is 0. The summed E-state index contributed by atoms with van der Waals surface area (Å²) in [6.07, 6.45) is 0. The van der Waals surface area contributed by atoms with E-state index in [9.17, 15) is 0 Å². The van der Waals surface area contributed by atoms with Crippen LogP contribution in [-0.4, -0.2) is 58.9 Å². The summed E-state index contributed by atoms with van der Waals surface area (Å²) in [6, 6.07) is 2.13. The molecule has 0 atom stereocenters. The predicted octanol–water partition coefficient (Wildman–Crippen LogP) is 0.737. The molecule has 0 aromatic heterocycles. The number of rotatable bonds is 15. The molecular formula is C12H30O6Si2. The average Bonchev–Trinajstić information content (AvgIpc) is 2.43. The van der Waals surface area contributed by atoms with E-state index >= 15 is 0 Å². The molecule has 0 saturated heterocycles. The van der Waals surface area contributed by atoms with Crippen LogP contribution in [0.2, 0.25) is 12.1 Å². The molecule has 0 aromatic rings. The molecule has 0 aliphatic heterocycles. The van der Waals surface area contributed by atoms with Crippen LogP contribution in [0.5, 0.6) is 0 Å². The summed E-state index contributed by atoms with van der Waals surface area (Å²) >= 11 is 0. The van der Waals surface area contributed by atoms with Gasteiger partial charge in [-0.25, -0.2) is 0 Å². The number of ether oxygens (including phenoxy) is 4. The van der Waals surface area contributed by atoms with E-state index in [0.29, 0.717) is 26.4 Å². The van der Waals surface area contributed by atoms with Crippen molar-refractivity contribution in [1.29, 1.82) is 0 Å². The van der Waals surface area contributed by atoms with Crippen molar-refractivity contribution in [1.82, 2.24) is 0 Å². The largest absolute Gasteiger partial charge is 0.379 e. The first-order valence-electron chi connectivity index (χ1n) is 7.47. The van der Waals surface area contributed by atoms with Gasteiger partial charge in [0.15, 0.2) is 19.5 Å². The molecular weight excluding hydrogens is 296 g/mol. The van der Waals surface area contributed by atoms with Crippen molar-refractivity contribution in [2.24, 2.45) is 0 Å². The van der Waals surface area contributed by atoms with Gasteiger partial charge in [-0.2, -0.15) is 0 Å². The molecule has 0 rings (SSSR count). The zero-order valence-corrected chi connectivity index (χ0v) is 16.1. The Bertz CT molecular complexity index is 167. The van der Waals surface area contributed by atoms with Gasteiger partial charge < -0.3 is 27.8 Å². The van der Waals surface area contributed by atoms with Crippen LogP contribution < -0.4 is 0 Å². The van der Waals surface area contributed by atoms with Crippen LogP contribution >= 0.6 is 0 Å². The zero-order valence-electron chi connectivity index (χ0n) is 13.3. The highest BCUT2D eigenvalue weighted by Crippen LogP contribution is 2.02. The first-order chi connectivity index (χ1) is 9.78. The lowest BCUT2D eigenvalue weighted by Crippen LogP contribution is -2.24. The average molecular weight is 327 g/mol. The highest BCUT2D eigenvalue weighted by atomic mass is 28.2. The molecule has 0 aromatic carbocycles. The van der Waals surface area contributed by atoms with Crippen molar-refractivity contribution in [2.45, 2.75) is 52.7 Å². The molecule has 6 nitrogen and oxygen atoms in total. The Hall–Kier alpha value is 0.194. The minimum atomic E-state index is -0.622. The van der Waals surface area contributed by atoms with E-state index in [1.807, 2.05) is 27.7 Å². The van der Waals surface area contributed by atoms with E-state index in [1.54, 1.807) is 0 Å². The van der Waals surface area contributed by atoms with Crippen LogP contribution in [0.25, 0.3) is 0 Å². The fraction of sp³-hybridized carbons (Fsp3) is 1.00. The van der Waals surface area contributed by atoms with Crippen molar-refractivity contribution in [2.75, 3.05) is 26.4 Å². The molecule has 0 aliphatic carbocycles. The predicted molar refractivity (Wildman–Crippen MR) is 83.0 cm³/mol. The van der Waals surface area contributed by atoms with Crippen LogP contribution in [0.1, 0.15) is 27.7 Å². The molecule has 0 unspecified atom stereocenters. The van der Waals surface area contributed by atoms with Crippen molar-refractivity contribution >= 4 is 19.5 Å². The summed E-state index contributed by atoms with van der Waals surface area (Å²) in [6.45, 7) is 9.14. The summed E-state index contributed by atoms with van der Waals surface area (Å²) in [5.74, 6) is 0. The van der Waals surface area contributed by atoms with Crippen molar-refractivity contribution in [3.8, 4) is 0 Å². The molecule has 0 heterocycles. The minimum absolute atomic E-state index is 0.487. The first kappa shape index (κ1) is 20.2. The van der Waals surface area contributed by atoms with Gasteiger partial charge in [-0.05, 0) is 39.8 Å². The smallest absolute Gasteiger partial charge is 0.261 e. The molecule has 122 valence electrons. The van der Waals surface area contributed by atoms with Gasteiger partial charge >= 0.3 is 0 Å². The standard InChI is InChI=1S/C12H30O6Si2/c1-5-13-11(14-6-2)17-19-9-10-20-18-12(15-7-3)16-8-4/h11-12H,5-10,19-20H2,1-4H3. The lowest BCUT2D eigenvalue weighted by atomic mass is 10.8. The fourth-order valence-electron chi connectivity index (χ4n) is 1.40. The van der Waals surface area contributed by atoms with Gasteiger partial charge in [0.05, 0.1) is 0 Å². The topological polar surface area (TPSA) is 55.4 Å². The molecule has 0 aliphatic rings. The van der Waals surface area contributed by atoms with E-state index in [4.69, 9.17) is 27.8 Å². The molecule has 0 fully saturated rings. The summed E-state index contributed by atoms with van der Waals surface area (Å²) in [4.78, 5) is 0. The first-order valence-corrected chi connectivity index (χ1v) is 10.6. The molecule has 0 saturated carbocycles. The van der Waals surface area contributed by atoms with Crippen molar-refractivity contribution in [3.63, 3.8) is 0 Å². The molecule has 20 heavy (non-hydrogen) atoms. The quantitative estimate of drug-likeness (QED) is 0.251. The Balaban J connectivity index is 3.53. The molecule has 0 bridgehead atoms. The highest BCUT2D eigenvalue weighted by Gasteiger charge is 2.09. The summed E-state index contributed by atoms with van der Waals surface area (Å²) in [7, 11) is -1.24. The maximum Gasteiger partial charge on any atom is 0.261 e. The van der Waals surface area contributed by atoms with Crippen LogP contribution in [-0.2, 0) is 27.8 Å². The fourth-order valence-corrected chi connectivity index (χ4v) is 4.13. The molecule has 0 N–H and O–H groups in total. The van der Waals surface area contributed by atoms with E-state index in [1.165, 1.54) is 0 Å². The molecule has 0 amide bonds. The Morgan fingerprint density at radius 2 is 0.900 bits per heavy atom. The van der Waals surface area contributed by atoms with E-state index in [-0.39, 0.29) is 0 Å². The van der Waals surface area contributed by atoms with Gasteiger partial charge in [-0.15, -0.1) is 0 Å². The number of hydrogen-bond donors (Lipinski definition) is 0. The number of hydrogen-bond acceptors (Lipinski definition) is 6. The summed E-state index contributed by atoms with van der Waals surface area (Å²) < 4.78 is 32.5. The second kappa shape index (κ2) is 15.6. The van der Waals surface area contributed by atoms with E-state index in [2.05, 4.69) is 0 Å². The third-order valence-electron chi connectivity index (χ3n) is 2.26. The van der Waals surface area contributed by atoms with Crippen LogP contribution in [0.15, 0.2) is 0 Å². The third kappa shape index (κ3) is 12.0. The highest BCUT2D eigenvalue weighted by molar-refractivity contribution is 6.34. The molecule has 8 heteroatoms. The monoisotopic (exact) mass is 326 g/mol. The lowest BCUT2D eigenvalue weighted by molar-refractivity contribution is -0.244. The van der Waals surface area contributed by atoms with Gasteiger partial charge in [0.1, 0.15) is 0 Å². The van der Waals surface area contributed by atoms with Crippen molar-refractivity contribution in [3.05, 3.63) is 0 Å². The van der Waals surface area contributed by atoms with E-state index in [0.717, 1.165) is 12.1 Å². The second-order valence-electron chi connectivity index (χ2n) is 3.85.